The van der Waals surface area contributed by atoms with Crippen LogP contribution in [0.5, 0.6) is 0 Å². The summed E-state index contributed by atoms with van der Waals surface area (Å²) in [6.07, 6.45) is 1.29. The van der Waals surface area contributed by atoms with Gasteiger partial charge in [-0.15, -0.1) is 11.3 Å². The first-order valence-electron chi connectivity index (χ1n) is 8.83. The lowest BCUT2D eigenvalue weighted by Gasteiger charge is -2.21. The molecule has 2 aromatic heterocycles. The third kappa shape index (κ3) is 5.66. The summed E-state index contributed by atoms with van der Waals surface area (Å²) in [5, 5.41) is 11.4. The number of amides is 2. The molecule has 0 spiro atoms. The summed E-state index contributed by atoms with van der Waals surface area (Å²) in [5.41, 5.74) is 0. The van der Waals surface area contributed by atoms with Crippen LogP contribution in [0.3, 0.4) is 0 Å². The van der Waals surface area contributed by atoms with Crippen molar-refractivity contribution >= 4 is 23.2 Å². The predicted octanol–water partition coefficient (Wildman–Crippen LogP) is 2.76. The van der Waals surface area contributed by atoms with Gasteiger partial charge in [-0.3, -0.25) is 9.59 Å². The number of aromatic nitrogens is 2. The maximum atomic E-state index is 12.4. The quantitative estimate of drug-likeness (QED) is 0.654. The van der Waals surface area contributed by atoms with Crippen molar-refractivity contribution in [3.05, 3.63) is 34.1 Å². The van der Waals surface area contributed by atoms with Crippen LogP contribution in [0.1, 0.15) is 61.4 Å². The van der Waals surface area contributed by atoms with Gasteiger partial charge in [0, 0.05) is 18.9 Å². The number of hydrogen-bond donors (Lipinski definition) is 2. The maximum Gasteiger partial charge on any atom is 0.262 e. The fourth-order valence-corrected chi connectivity index (χ4v) is 2.95. The Morgan fingerprint density at radius 3 is 2.62 bits per heavy atom. The highest BCUT2D eigenvalue weighted by molar-refractivity contribution is 7.12. The van der Waals surface area contributed by atoms with Crippen LogP contribution < -0.4 is 10.6 Å². The van der Waals surface area contributed by atoms with Gasteiger partial charge < -0.3 is 15.2 Å². The minimum atomic E-state index is -0.569. The number of nitrogens with zero attached hydrogens (tertiary/aromatic N) is 2. The molecule has 2 amide bonds. The van der Waals surface area contributed by atoms with Gasteiger partial charge in [-0.05, 0) is 23.8 Å². The van der Waals surface area contributed by atoms with E-state index in [4.69, 9.17) is 4.52 Å². The highest BCUT2D eigenvalue weighted by Gasteiger charge is 2.24. The topological polar surface area (TPSA) is 97.1 Å². The molecule has 0 aliphatic heterocycles. The molecule has 2 N–H and O–H groups in total. The number of carbonyl (C=O) groups is 2. The number of carbonyl (C=O) groups excluding carboxylic acids is 2. The molecule has 1 atom stereocenters. The zero-order chi connectivity index (χ0) is 19.1. The molecule has 8 heteroatoms. The van der Waals surface area contributed by atoms with Gasteiger partial charge in [0.2, 0.25) is 11.8 Å². The predicted molar refractivity (Wildman–Crippen MR) is 100 cm³/mol. The standard InChI is InChI=1S/C18H26N4O3S/c1-11(2)15(21-17(23)13-7-6-10-26-13)18(24)19-9-5-8-14-20-16(12(3)4)22-25-14/h6-7,10-12,15H,5,8-9H2,1-4H3,(H,19,24)(H,21,23). The third-order valence-corrected chi connectivity index (χ3v) is 4.72. The van der Waals surface area contributed by atoms with Gasteiger partial charge in [0.1, 0.15) is 6.04 Å². The van der Waals surface area contributed by atoms with Gasteiger partial charge in [0.15, 0.2) is 5.82 Å². The van der Waals surface area contributed by atoms with Crippen LogP contribution in [-0.2, 0) is 11.2 Å². The lowest BCUT2D eigenvalue weighted by atomic mass is 10.0. The molecular formula is C18H26N4O3S. The van der Waals surface area contributed by atoms with Crippen molar-refractivity contribution in [3.8, 4) is 0 Å². The number of rotatable bonds is 9. The maximum absolute atomic E-state index is 12.4. The van der Waals surface area contributed by atoms with Crippen LogP contribution >= 0.6 is 11.3 Å². The first-order valence-corrected chi connectivity index (χ1v) is 9.71. The first kappa shape index (κ1) is 20.1. The summed E-state index contributed by atoms with van der Waals surface area (Å²) >= 11 is 1.35. The molecule has 0 radical (unpaired) electrons. The average Bonchev–Trinajstić information content (AvgIpc) is 3.27. The number of nitrogens with one attached hydrogen (secondary N) is 2. The Hall–Kier alpha value is -2.22. The lowest BCUT2D eigenvalue weighted by Crippen LogP contribution is -2.49. The van der Waals surface area contributed by atoms with Crippen molar-refractivity contribution < 1.29 is 14.1 Å². The molecule has 0 saturated carbocycles. The Morgan fingerprint density at radius 1 is 1.27 bits per heavy atom. The molecule has 142 valence electrons. The van der Waals surface area contributed by atoms with Crippen molar-refractivity contribution in [3.63, 3.8) is 0 Å². The van der Waals surface area contributed by atoms with Crippen molar-refractivity contribution in [1.29, 1.82) is 0 Å². The SMILES string of the molecule is CC(C)c1noc(CCCNC(=O)C(NC(=O)c2cccs2)C(C)C)n1. The van der Waals surface area contributed by atoms with Gasteiger partial charge in [-0.1, -0.05) is 38.9 Å². The summed E-state index contributed by atoms with van der Waals surface area (Å²) in [6, 6.07) is 2.98. The van der Waals surface area contributed by atoms with Gasteiger partial charge >= 0.3 is 0 Å². The highest BCUT2D eigenvalue weighted by Crippen LogP contribution is 2.11. The lowest BCUT2D eigenvalue weighted by molar-refractivity contribution is -0.123. The molecule has 0 bridgehead atoms. The molecule has 2 rings (SSSR count). The van der Waals surface area contributed by atoms with E-state index in [0.29, 0.717) is 36.0 Å². The van der Waals surface area contributed by atoms with Crippen LogP contribution in [0, 0.1) is 5.92 Å². The number of hydrogen-bond acceptors (Lipinski definition) is 6. The molecule has 0 aliphatic rings. The summed E-state index contributed by atoms with van der Waals surface area (Å²) in [7, 11) is 0. The van der Waals surface area contributed by atoms with Crippen molar-refractivity contribution in [2.45, 2.75) is 52.5 Å². The van der Waals surface area contributed by atoms with Crippen LogP contribution in [0.15, 0.2) is 22.0 Å². The van der Waals surface area contributed by atoms with E-state index in [1.54, 1.807) is 6.07 Å². The largest absolute Gasteiger partial charge is 0.354 e. The summed E-state index contributed by atoms with van der Waals surface area (Å²) in [4.78, 5) is 29.5. The van der Waals surface area contributed by atoms with Crippen molar-refractivity contribution in [2.24, 2.45) is 5.92 Å². The van der Waals surface area contributed by atoms with Gasteiger partial charge in [0.25, 0.3) is 5.91 Å². The fraction of sp³-hybridized carbons (Fsp3) is 0.556. The van der Waals surface area contributed by atoms with Crippen LogP contribution in [-0.4, -0.2) is 34.5 Å². The fourth-order valence-electron chi connectivity index (χ4n) is 2.32. The van der Waals surface area contributed by atoms with Gasteiger partial charge in [0.05, 0.1) is 4.88 Å². The Balaban J connectivity index is 1.79. The molecular weight excluding hydrogens is 352 g/mol. The Labute approximate surface area is 157 Å². The van der Waals surface area contributed by atoms with Gasteiger partial charge in [-0.2, -0.15) is 4.98 Å². The molecule has 0 fully saturated rings. The van der Waals surface area contributed by atoms with Crippen LogP contribution in [0.2, 0.25) is 0 Å². The molecule has 2 heterocycles. The van der Waals surface area contributed by atoms with Crippen molar-refractivity contribution in [1.82, 2.24) is 20.8 Å². The Bertz CT molecular complexity index is 710. The van der Waals surface area contributed by atoms with E-state index in [9.17, 15) is 9.59 Å². The Kier molecular flexibility index (Phi) is 7.32. The van der Waals surface area contributed by atoms with Crippen LogP contribution in [0.4, 0.5) is 0 Å². The summed E-state index contributed by atoms with van der Waals surface area (Å²) < 4.78 is 5.18. The zero-order valence-electron chi connectivity index (χ0n) is 15.6. The minimum Gasteiger partial charge on any atom is -0.354 e. The van der Waals surface area contributed by atoms with Crippen LogP contribution in [0.25, 0.3) is 0 Å². The molecule has 26 heavy (non-hydrogen) atoms. The number of thiophene rings is 1. The highest BCUT2D eigenvalue weighted by atomic mass is 32.1. The first-order chi connectivity index (χ1) is 12.4. The second-order valence-corrected chi connectivity index (χ2v) is 7.72. The molecule has 1 unspecified atom stereocenters. The average molecular weight is 378 g/mol. The second kappa shape index (κ2) is 9.47. The second-order valence-electron chi connectivity index (χ2n) is 6.77. The number of aryl methyl sites for hydroxylation is 1. The summed E-state index contributed by atoms with van der Waals surface area (Å²) in [5.74, 6) is 1.09. The molecule has 0 aliphatic carbocycles. The molecule has 0 saturated heterocycles. The normalized spacial score (nSPS) is 12.4. The van der Waals surface area contributed by atoms with E-state index in [-0.39, 0.29) is 23.7 Å². The van der Waals surface area contributed by atoms with Gasteiger partial charge in [-0.25, -0.2) is 0 Å². The van der Waals surface area contributed by atoms with E-state index in [1.165, 1.54) is 11.3 Å². The Morgan fingerprint density at radius 2 is 2.04 bits per heavy atom. The van der Waals surface area contributed by atoms with E-state index >= 15 is 0 Å². The molecule has 7 nitrogen and oxygen atoms in total. The monoisotopic (exact) mass is 378 g/mol. The summed E-state index contributed by atoms with van der Waals surface area (Å²) in [6.45, 7) is 8.31. The van der Waals surface area contributed by atoms with E-state index in [1.807, 2.05) is 39.1 Å². The van der Waals surface area contributed by atoms with E-state index in [0.717, 1.165) is 0 Å². The minimum absolute atomic E-state index is 0.0107. The van der Waals surface area contributed by atoms with Crippen molar-refractivity contribution in [2.75, 3.05) is 6.54 Å². The molecule has 2 aromatic rings. The van der Waals surface area contributed by atoms with E-state index < -0.39 is 6.04 Å². The van der Waals surface area contributed by atoms with E-state index in [2.05, 4.69) is 20.8 Å². The zero-order valence-corrected chi connectivity index (χ0v) is 16.4. The smallest absolute Gasteiger partial charge is 0.262 e. The third-order valence-electron chi connectivity index (χ3n) is 3.85. The molecule has 0 aromatic carbocycles.